The average Bonchev–Trinajstić information content (AvgIpc) is 2.99. The normalized spacial score (nSPS) is 19.9. The van der Waals surface area contributed by atoms with Crippen molar-refractivity contribution in [3.05, 3.63) is 57.8 Å². The highest BCUT2D eigenvalue weighted by Gasteiger charge is 2.24. The fraction of sp³-hybridized carbons (Fsp3) is 0.375. The van der Waals surface area contributed by atoms with Crippen LogP contribution in [-0.2, 0) is 11.2 Å². The molecule has 3 rings (SSSR count). The van der Waals surface area contributed by atoms with Crippen molar-refractivity contribution >= 4 is 11.3 Å². The molecule has 2 N–H and O–H groups in total. The van der Waals surface area contributed by atoms with Crippen LogP contribution in [-0.4, -0.2) is 6.54 Å². The Morgan fingerprint density at radius 3 is 3.00 bits per heavy atom. The standard InChI is InChI=1S/C16H19NOS/c17-10-16(13-8-9-19-11-13)18-15-7-3-5-12-4-1-2-6-14(12)15/h1-2,4,6,8-9,11,15-16H,3,5,7,10,17H2. The van der Waals surface area contributed by atoms with Crippen molar-refractivity contribution in [3.63, 3.8) is 0 Å². The number of ether oxygens (including phenoxy) is 1. The number of hydrogen-bond donors (Lipinski definition) is 1. The van der Waals surface area contributed by atoms with Gasteiger partial charge in [-0.3, -0.25) is 0 Å². The monoisotopic (exact) mass is 273 g/mol. The first-order chi connectivity index (χ1) is 9.38. The van der Waals surface area contributed by atoms with Crippen LogP contribution in [0, 0.1) is 0 Å². The molecular formula is C16H19NOS. The van der Waals surface area contributed by atoms with Gasteiger partial charge in [0, 0.05) is 6.54 Å². The molecule has 0 saturated carbocycles. The van der Waals surface area contributed by atoms with Crippen molar-refractivity contribution in [3.8, 4) is 0 Å². The third-order valence-corrected chi connectivity index (χ3v) is 4.47. The first-order valence-electron chi connectivity index (χ1n) is 6.84. The Morgan fingerprint density at radius 1 is 1.32 bits per heavy atom. The molecule has 0 spiro atoms. The lowest BCUT2D eigenvalue weighted by molar-refractivity contribution is -0.0189. The van der Waals surface area contributed by atoms with E-state index < -0.39 is 0 Å². The Labute approximate surface area is 118 Å². The smallest absolute Gasteiger partial charge is 0.0963 e. The van der Waals surface area contributed by atoms with Crippen LogP contribution in [0.2, 0.25) is 0 Å². The second-order valence-corrected chi connectivity index (χ2v) is 5.78. The highest BCUT2D eigenvalue weighted by molar-refractivity contribution is 7.07. The number of aryl methyl sites for hydroxylation is 1. The van der Waals surface area contributed by atoms with Crippen molar-refractivity contribution < 1.29 is 4.74 Å². The lowest BCUT2D eigenvalue weighted by Gasteiger charge is -2.29. The van der Waals surface area contributed by atoms with Gasteiger partial charge < -0.3 is 10.5 Å². The van der Waals surface area contributed by atoms with Crippen molar-refractivity contribution in [2.45, 2.75) is 31.5 Å². The predicted molar refractivity (Wildman–Crippen MR) is 79.3 cm³/mol. The molecule has 0 fully saturated rings. The highest BCUT2D eigenvalue weighted by Crippen LogP contribution is 2.36. The Hall–Kier alpha value is -1.16. The van der Waals surface area contributed by atoms with E-state index in [9.17, 15) is 0 Å². The van der Waals surface area contributed by atoms with Gasteiger partial charge >= 0.3 is 0 Å². The molecule has 100 valence electrons. The molecule has 1 aliphatic rings. The van der Waals surface area contributed by atoms with Gasteiger partial charge in [-0.1, -0.05) is 24.3 Å². The molecule has 1 aromatic heterocycles. The Balaban J connectivity index is 1.80. The lowest BCUT2D eigenvalue weighted by atomic mass is 9.89. The Kier molecular flexibility index (Phi) is 3.97. The molecule has 1 aliphatic carbocycles. The van der Waals surface area contributed by atoms with Crippen LogP contribution in [0.4, 0.5) is 0 Å². The summed E-state index contributed by atoms with van der Waals surface area (Å²) in [4.78, 5) is 0. The minimum Gasteiger partial charge on any atom is -0.364 e. The molecule has 1 heterocycles. The van der Waals surface area contributed by atoms with E-state index in [1.807, 2.05) is 0 Å². The SMILES string of the molecule is NCC(OC1CCCc2ccccc21)c1ccsc1. The molecule has 0 saturated heterocycles. The maximum atomic E-state index is 6.29. The summed E-state index contributed by atoms with van der Waals surface area (Å²) >= 11 is 1.70. The second-order valence-electron chi connectivity index (χ2n) is 5.00. The summed E-state index contributed by atoms with van der Waals surface area (Å²) < 4.78 is 6.29. The molecule has 2 unspecified atom stereocenters. The Morgan fingerprint density at radius 2 is 2.21 bits per heavy atom. The third kappa shape index (κ3) is 2.73. The number of benzene rings is 1. The van der Waals surface area contributed by atoms with Crippen molar-refractivity contribution in [2.75, 3.05) is 6.54 Å². The zero-order valence-corrected chi connectivity index (χ0v) is 11.7. The maximum Gasteiger partial charge on any atom is 0.0963 e. The molecule has 2 atom stereocenters. The van der Waals surface area contributed by atoms with Crippen LogP contribution in [0.25, 0.3) is 0 Å². The van der Waals surface area contributed by atoms with E-state index in [0.717, 1.165) is 6.42 Å². The van der Waals surface area contributed by atoms with Crippen LogP contribution in [0.15, 0.2) is 41.1 Å². The van der Waals surface area contributed by atoms with Gasteiger partial charge in [0.25, 0.3) is 0 Å². The first kappa shape index (κ1) is 12.9. The molecule has 1 aromatic carbocycles. The van der Waals surface area contributed by atoms with Crippen LogP contribution in [0.1, 0.15) is 41.7 Å². The highest BCUT2D eigenvalue weighted by atomic mass is 32.1. The van der Waals surface area contributed by atoms with Gasteiger partial charge in [0.1, 0.15) is 0 Å². The van der Waals surface area contributed by atoms with Gasteiger partial charge in [0.05, 0.1) is 12.2 Å². The van der Waals surface area contributed by atoms with E-state index in [1.165, 1.54) is 29.5 Å². The number of rotatable bonds is 4. The summed E-state index contributed by atoms with van der Waals surface area (Å²) in [5, 5.41) is 4.21. The number of hydrogen-bond acceptors (Lipinski definition) is 3. The summed E-state index contributed by atoms with van der Waals surface area (Å²) in [6.45, 7) is 0.537. The molecule has 0 amide bonds. The fourth-order valence-electron chi connectivity index (χ4n) is 2.78. The van der Waals surface area contributed by atoms with Gasteiger partial charge in [-0.15, -0.1) is 0 Å². The van der Waals surface area contributed by atoms with E-state index in [2.05, 4.69) is 41.1 Å². The fourth-order valence-corrected chi connectivity index (χ4v) is 3.48. The molecule has 0 aliphatic heterocycles. The number of fused-ring (bicyclic) bond motifs is 1. The largest absolute Gasteiger partial charge is 0.364 e. The number of nitrogens with two attached hydrogens (primary N) is 1. The van der Waals surface area contributed by atoms with Gasteiger partial charge in [-0.2, -0.15) is 11.3 Å². The lowest BCUT2D eigenvalue weighted by Crippen LogP contribution is -2.20. The predicted octanol–water partition coefficient (Wildman–Crippen LogP) is 3.84. The van der Waals surface area contributed by atoms with Crippen molar-refractivity contribution in [1.29, 1.82) is 0 Å². The minimum atomic E-state index is 0.0161. The third-order valence-electron chi connectivity index (χ3n) is 3.77. The molecule has 3 heteroatoms. The topological polar surface area (TPSA) is 35.2 Å². The van der Waals surface area contributed by atoms with Crippen LogP contribution < -0.4 is 5.73 Å². The minimum absolute atomic E-state index is 0.0161. The van der Waals surface area contributed by atoms with Crippen LogP contribution in [0.5, 0.6) is 0 Å². The Bertz CT molecular complexity index is 523. The zero-order chi connectivity index (χ0) is 13.1. The first-order valence-corrected chi connectivity index (χ1v) is 7.78. The van der Waals surface area contributed by atoms with Crippen molar-refractivity contribution in [2.24, 2.45) is 5.73 Å². The van der Waals surface area contributed by atoms with E-state index in [1.54, 1.807) is 11.3 Å². The second kappa shape index (κ2) is 5.87. The summed E-state index contributed by atoms with van der Waals surface area (Å²) in [7, 11) is 0. The van der Waals surface area contributed by atoms with Crippen LogP contribution in [0.3, 0.4) is 0 Å². The molecule has 19 heavy (non-hydrogen) atoms. The summed E-state index contributed by atoms with van der Waals surface area (Å²) in [5.74, 6) is 0. The quantitative estimate of drug-likeness (QED) is 0.918. The van der Waals surface area contributed by atoms with Gasteiger partial charge in [-0.25, -0.2) is 0 Å². The van der Waals surface area contributed by atoms with Crippen molar-refractivity contribution in [1.82, 2.24) is 0 Å². The average molecular weight is 273 g/mol. The van der Waals surface area contributed by atoms with E-state index in [0.29, 0.717) is 6.54 Å². The molecule has 0 radical (unpaired) electrons. The molecular weight excluding hydrogens is 254 g/mol. The molecule has 0 bridgehead atoms. The van der Waals surface area contributed by atoms with Gasteiger partial charge in [0.15, 0.2) is 0 Å². The summed E-state index contributed by atoms with van der Waals surface area (Å²) in [6, 6.07) is 10.7. The molecule has 2 nitrogen and oxygen atoms in total. The van der Waals surface area contributed by atoms with Gasteiger partial charge in [-0.05, 0) is 52.8 Å². The van der Waals surface area contributed by atoms with Gasteiger partial charge in [0.2, 0.25) is 0 Å². The number of thiophene rings is 1. The van der Waals surface area contributed by atoms with E-state index in [-0.39, 0.29) is 12.2 Å². The summed E-state index contributed by atoms with van der Waals surface area (Å²) in [6.07, 6.45) is 3.67. The molecule has 2 aromatic rings. The maximum absolute atomic E-state index is 6.29. The van der Waals surface area contributed by atoms with E-state index >= 15 is 0 Å². The zero-order valence-electron chi connectivity index (χ0n) is 10.9. The van der Waals surface area contributed by atoms with Crippen LogP contribution >= 0.6 is 11.3 Å². The van der Waals surface area contributed by atoms with E-state index in [4.69, 9.17) is 10.5 Å². The summed E-state index contributed by atoms with van der Waals surface area (Å²) in [5.41, 5.74) is 9.86.